The molecule has 0 saturated carbocycles. The van der Waals surface area contributed by atoms with Crippen molar-refractivity contribution in [2.45, 2.75) is 288 Å². The van der Waals surface area contributed by atoms with Crippen LogP contribution in [0.25, 0.3) is 22.3 Å². The first-order valence-corrected chi connectivity index (χ1v) is 36.0. The van der Waals surface area contributed by atoms with Crippen LogP contribution in [0.15, 0.2) is 60.7 Å². The average molecular weight is 1730 g/mol. The molecule has 4 atom stereocenters. The Labute approximate surface area is 633 Å². The summed E-state index contributed by atoms with van der Waals surface area (Å²) < 4.78 is 503. The van der Waals surface area contributed by atoms with Crippen molar-refractivity contribution in [1.29, 1.82) is 0 Å². The maximum absolute atomic E-state index is 15.2. The highest BCUT2D eigenvalue weighted by atomic mass is 19.4. The van der Waals surface area contributed by atoms with Crippen molar-refractivity contribution < 1.29 is 189 Å². The van der Waals surface area contributed by atoms with E-state index >= 15 is 17.6 Å². The molecule has 3 aromatic carbocycles. The number of aliphatic hydroxyl groups is 4. The standard InChI is InChI=1S/C72H88F34O8/c1-3-5-7-9-11-13-15-17-19-23-45(25-21-35-57(73,74)59(77,78)61(81,82)63(85,86)65(89,90)67(93,94)69(97,98)71(101,102)103)41-111-55-37-49(31-33-53(55)113-43-51(109)39-107)47-27-29-48(30-28-47)50-32-34-54(114-44-52(110)40-108)56(38-50)112-42-46(24-20-18-16-14-12-10-8-6-4-2)26-22-36-58(75,76)60(79,80)62(83,84)64(87,88)66(91,92)68(95,96)70(99,100)72(104,105)106/h27-34,37-38,45-46,51-52,107-110H,3-26,35-36,39-44H2,1-2H3. The van der Waals surface area contributed by atoms with E-state index in [1.54, 1.807) is 0 Å². The summed E-state index contributed by atoms with van der Waals surface area (Å²) in [5, 5.41) is 39.2. The predicted octanol–water partition coefficient (Wildman–Crippen LogP) is 24.7. The first kappa shape index (κ1) is 103. The number of unbranched alkanes of at least 4 members (excludes halogenated alkanes) is 16. The van der Waals surface area contributed by atoms with Crippen LogP contribution in [0.5, 0.6) is 23.0 Å². The molecule has 3 rings (SSSR count). The third-order valence-electron chi connectivity index (χ3n) is 18.9. The van der Waals surface area contributed by atoms with E-state index in [1.165, 1.54) is 60.7 Å². The summed E-state index contributed by atoms with van der Waals surface area (Å²) in [6, 6.07) is 13.4. The van der Waals surface area contributed by atoms with Crippen molar-refractivity contribution >= 4 is 0 Å². The molecular weight excluding hydrogens is 1640 g/mol. The summed E-state index contributed by atoms with van der Waals surface area (Å²) in [5.74, 6) is -119. The van der Waals surface area contributed by atoms with Crippen LogP contribution in [0, 0.1) is 11.8 Å². The molecule has 8 nitrogen and oxygen atoms in total. The molecular formula is C72H88F34O8. The van der Waals surface area contributed by atoms with Gasteiger partial charge in [0.15, 0.2) is 23.0 Å². The van der Waals surface area contributed by atoms with Gasteiger partial charge in [0.2, 0.25) is 0 Å². The summed E-state index contributed by atoms with van der Waals surface area (Å²) in [4.78, 5) is 0. The number of ether oxygens (including phenoxy) is 4. The summed E-state index contributed by atoms with van der Waals surface area (Å²) in [5.41, 5.74) is 0.953. The molecule has 0 saturated heterocycles. The Balaban J connectivity index is 2.07. The highest BCUT2D eigenvalue weighted by molar-refractivity contribution is 5.73. The van der Waals surface area contributed by atoms with Gasteiger partial charge in [-0.25, -0.2) is 0 Å². The van der Waals surface area contributed by atoms with E-state index in [0.717, 1.165) is 64.2 Å². The Morgan fingerprint density at radius 3 is 0.728 bits per heavy atom. The molecule has 0 radical (unpaired) electrons. The van der Waals surface area contributed by atoms with Gasteiger partial charge >= 0.3 is 95.3 Å². The molecule has 4 N–H and O–H groups in total. The number of hydrogen-bond donors (Lipinski definition) is 4. The quantitative estimate of drug-likeness (QED) is 0.0326. The van der Waals surface area contributed by atoms with Crippen LogP contribution in [0.4, 0.5) is 149 Å². The van der Waals surface area contributed by atoms with E-state index < -0.39 is 197 Å². The molecule has 0 aliphatic heterocycles. The topological polar surface area (TPSA) is 118 Å². The molecule has 0 aliphatic carbocycles. The third-order valence-corrected chi connectivity index (χ3v) is 18.9. The van der Waals surface area contributed by atoms with Gasteiger partial charge in [-0.15, -0.1) is 0 Å². The number of halogens is 34. The van der Waals surface area contributed by atoms with Crippen LogP contribution in [-0.4, -0.2) is 168 Å². The minimum absolute atomic E-state index is 0.107. The van der Waals surface area contributed by atoms with E-state index in [2.05, 4.69) is 0 Å². The lowest BCUT2D eigenvalue weighted by molar-refractivity contribution is -0.461. The molecule has 42 heteroatoms. The Morgan fingerprint density at radius 2 is 0.474 bits per heavy atom. The molecule has 0 fully saturated rings. The van der Waals surface area contributed by atoms with Gasteiger partial charge in [-0.1, -0.05) is 166 Å². The summed E-state index contributed by atoms with van der Waals surface area (Å²) in [7, 11) is 0. The second-order valence-electron chi connectivity index (χ2n) is 27.9. The highest BCUT2D eigenvalue weighted by Crippen LogP contribution is 2.67. The maximum Gasteiger partial charge on any atom is 0.460 e. The highest BCUT2D eigenvalue weighted by Gasteiger charge is 2.97. The van der Waals surface area contributed by atoms with Gasteiger partial charge in [0.25, 0.3) is 0 Å². The average Bonchev–Trinajstić information content (AvgIpc) is 0.700. The number of aliphatic hydroxyl groups excluding tert-OH is 4. The number of alkyl halides is 34. The summed E-state index contributed by atoms with van der Waals surface area (Å²) in [6.45, 7) is -0.531. The number of hydrogen-bond acceptors (Lipinski definition) is 8. The van der Waals surface area contributed by atoms with Crippen molar-refractivity contribution in [1.82, 2.24) is 0 Å². The molecule has 0 aromatic heterocycles. The first-order valence-electron chi connectivity index (χ1n) is 36.0. The SMILES string of the molecule is CCCCCCCCCCCC(CCCC(F)(F)C(F)(F)C(F)(F)C(F)(F)C(F)(F)C(F)(F)C(F)(F)C(F)(F)F)COc1cc(-c2ccc(-c3ccc(OCC(O)CO)c(OCC(CCCCCCCCCCC)CCCC(F)(F)C(F)(F)C(F)(F)C(F)(F)C(F)(F)C(F)(F)C(F)(F)C(F)(F)F)c3)cc2)ccc1OCC(O)CO. The van der Waals surface area contributed by atoms with Crippen LogP contribution in [0.2, 0.25) is 0 Å². The number of benzene rings is 3. The first-order chi connectivity index (χ1) is 52.1. The van der Waals surface area contributed by atoms with E-state index in [4.69, 9.17) is 18.9 Å². The molecule has 0 spiro atoms. The van der Waals surface area contributed by atoms with E-state index in [0.29, 0.717) is 38.5 Å². The molecule has 0 amide bonds. The van der Waals surface area contributed by atoms with Gasteiger partial charge in [0.1, 0.15) is 25.4 Å². The van der Waals surface area contributed by atoms with Crippen molar-refractivity contribution in [3.8, 4) is 45.3 Å². The minimum atomic E-state index is -8.82. The molecule has 662 valence electrons. The van der Waals surface area contributed by atoms with Gasteiger partial charge in [-0.05, 0) is 96.9 Å². The van der Waals surface area contributed by atoms with Crippen LogP contribution in [0.1, 0.15) is 181 Å². The number of rotatable bonds is 56. The van der Waals surface area contributed by atoms with Gasteiger partial charge in [0, 0.05) is 12.8 Å². The Hall–Kier alpha value is -5.68. The van der Waals surface area contributed by atoms with Crippen LogP contribution < -0.4 is 18.9 Å². The van der Waals surface area contributed by atoms with Gasteiger partial charge in [-0.3, -0.25) is 0 Å². The van der Waals surface area contributed by atoms with Crippen LogP contribution in [-0.2, 0) is 0 Å². The lowest BCUT2D eigenvalue weighted by atomic mass is 9.87. The Bertz CT molecular complexity index is 3120. The zero-order chi connectivity index (χ0) is 87.5. The molecule has 4 unspecified atom stereocenters. The Kier molecular flexibility index (Phi) is 36.7. The molecule has 3 aromatic rings. The third kappa shape index (κ3) is 23.4. The van der Waals surface area contributed by atoms with Gasteiger partial charge in [0.05, 0.1) is 26.4 Å². The second kappa shape index (κ2) is 40.9. The van der Waals surface area contributed by atoms with Crippen molar-refractivity contribution in [2.24, 2.45) is 11.8 Å². The molecule has 0 bridgehead atoms. The van der Waals surface area contributed by atoms with Gasteiger partial charge < -0.3 is 39.4 Å². The van der Waals surface area contributed by atoms with Crippen molar-refractivity contribution in [3.63, 3.8) is 0 Å². The van der Waals surface area contributed by atoms with E-state index in [-0.39, 0.29) is 70.9 Å². The summed E-state index contributed by atoms with van der Waals surface area (Å²) in [6.07, 6.45) is -16.9. The van der Waals surface area contributed by atoms with Gasteiger partial charge in [-0.2, -0.15) is 149 Å². The summed E-state index contributed by atoms with van der Waals surface area (Å²) >= 11 is 0. The maximum atomic E-state index is 15.2. The largest absolute Gasteiger partial charge is 0.489 e. The Morgan fingerprint density at radius 1 is 0.254 bits per heavy atom. The monoisotopic (exact) mass is 1730 g/mol. The van der Waals surface area contributed by atoms with Crippen molar-refractivity contribution in [3.05, 3.63) is 60.7 Å². The molecule has 114 heavy (non-hydrogen) atoms. The van der Waals surface area contributed by atoms with E-state index in [9.17, 15) is 152 Å². The van der Waals surface area contributed by atoms with Crippen molar-refractivity contribution in [2.75, 3.05) is 39.6 Å². The van der Waals surface area contributed by atoms with E-state index in [1.807, 2.05) is 13.8 Å². The smallest absolute Gasteiger partial charge is 0.460 e. The fraction of sp³-hybridized carbons (Fsp3) is 0.750. The molecule has 0 aliphatic rings. The second-order valence-corrected chi connectivity index (χ2v) is 27.9. The predicted molar refractivity (Wildman–Crippen MR) is 345 cm³/mol. The fourth-order valence-corrected chi connectivity index (χ4v) is 11.6. The zero-order valence-electron chi connectivity index (χ0n) is 61.0. The zero-order valence-corrected chi connectivity index (χ0v) is 61.0. The fourth-order valence-electron chi connectivity index (χ4n) is 11.6. The lowest BCUT2D eigenvalue weighted by Crippen LogP contribution is -2.74. The van der Waals surface area contributed by atoms with Crippen LogP contribution in [0.3, 0.4) is 0 Å². The lowest BCUT2D eigenvalue weighted by Gasteiger charge is -2.42. The van der Waals surface area contributed by atoms with Crippen LogP contribution >= 0.6 is 0 Å². The normalized spacial score (nSPS) is 15.3. The minimum Gasteiger partial charge on any atom is -0.489 e. The molecule has 0 heterocycles.